The van der Waals surface area contributed by atoms with Crippen LogP contribution in [0.3, 0.4) is 0 Å². The minimum Gasteiger partial charge on any atom is -0.492 e. The van der Waals surface area contributed by atoms with Crippen molar-refractivity contribution in [3.05, 3.63) is 24.3 Å². The summed E-state index contributed by atoms with van der Waals surface area (Å²) in [4.78, 5) is 12.4. The normalized spacial score (nSPS) is 20.8. The maximum absolute atomic E-state index is 12.4. The van der Waals surface area contributed by atoms with Crippen molar-refractivity contribution >= 4 is 11.6 Å². The second-order valence-corrected chi connectivity index (χ2v) is 6.61. The van der Waals surface area contributed by atoms with Crippen LogP contribution in [-0.2, 0) is 4.79 Å². The summed E-state index contributed by atoms with van der Waals surface area (Å²) in [6, 6.07) is 7.46. The quantitative estimate of drug-likeness (QED) is 0.875. The maximum atomic E-state index is 12.4. The number of carbonyl (C=O) groups is 1. The summed E-state index contributed by atoms with van der Waals surface area (Å²) in [6.45, 7) is 5.49. The molecule has 0 heterocycles. The molecule has 4 nitrogen and oxygen atoms in total. The van der Waals surface area contributed by atoms with Crippen molar-refractivity contribution in [1.29, 1.82) is 0 Å². The SMILES string of the molecule is CC1(C)CCCC(C(=O)Nc2ccc(OCCN)cc2)C1. The molecule has 1 unspecified atom stereocenters. The number of amides is 1. The molecule has 0 spiro atoms. The van der Waals surface area contributed by atoms with Gasteiger partial charge in [-0.25, -0.2) is 0 Å². The predicted molar refractivity (Wildman–Crippen MR) is 85.4 cm³/mol. The Hall–Kier alpha value is -1.55. The molecule has 1 fully saturated rings. The molecule has 1 aliphatic rings. The van der Waals surface area contributed by atoms with E-state index in [1.54, 1.807) is 0 Å². The standard InChI is InChI=1S/C17H26N2O2/c1-17(2)9-3-4-13(12-17)16(20)19-14-5-7-15(8-6-14)21-11-10-18/h5-8,13H,3-4,9-12,18H2,1-2H3,(H,19,20). The minimum absolute atomic E-state index is 0.127. The van der Waals surface area contributed by atoms with Crippen molar-refractivity contribution in [2.75, 3.05) is 18.5 Å². The summed E-state index contributed by atoms with van der Waals surface area (Å²) in [6.07, 6.45) is 4.31. The lowest BCUT2D eigenvalue weighted by atomic mass is 9.72. The molecule has 1 saturated carbocycles. The number of ether oxygens (including phenoxy) is 1. The van der Waals surface area contributed by atoms with E-state index >= 15 is 0 Å². The molecule has 1 amide bonds. The number of nitrogens with two attached hydrogens (primary N) is 1. The summed E-state index contributed by atoms with van der Waals surface area (Å²) < 4.78 is 5.42. The highest BCUT2D eigenvalue weighted by Crippen LogP contribution is 2.38. The first-order valence-corrected chi connectivity index (χ1v) is 7.74. The van der Waals surface area contributed by atoms with Gasteiger partial charge >= 0.3 is 0 Å². The molecule has 116 valence electrons. The molecule has 4 heteroatoms. The van der Waals surface area contributed by atoms with Crippen LogP contribution in [0.5, 0.6) is 5.75 Å². The number of rotatable bonds is 5. The van der Waals surface area contributed by atoms with Gasteiger partial charge in [-0.05, 0) is 48.9 Å². The maximum Gasteiger partial charge on any atom is 0.227 e. The first-order valence-electron chi connectivity index (χ1n) is 7.74. The van der Waals surface area contributed by atoms with Crippen LogP contribution in [0.2, 0.25) is 0 Å². The highest BCUT2D eigenvalue weighted by molar-refractivity contribution is 5.92. The molecule has 0 bridgehead atoms. The van der Waals surface area contributed by atoms with Crippen LogP contribution in [-0.4, -0.2) is 19.1 Å². The Balaban J connectivity index is 1.90. The molecule has 1 atom stereocenters. The van der Waals surface area contributed by atoms with Gasteiger partial charge in [-0.1, -0.05) is 20.3 Å². The van der Waals surface area contributed by atoms with Gasteiger partial charge in [0.05, 0.1) is 0 Å². The van der Waals surface area contributed by atoms with Gasteiger partial charge < -0.3 is 15.8 Å². The van der Waals surface area contributed by atoms with Gasteiger partial charge in [0, 0.05) is 18.2 Å². The molecule has 1 aromatic rings. The third-order valence-electron chi connectivity index (χ3n) is 4.08. The van der Waals surface area contributed by atoms with E-state index in [2.05, 4.69) is 19.2 Å². The van der Waals surface area contributed by atoms with Gasteiger partial charge in [0.2, 0.25) is 5.91 Å². The van der Waals surface area contributed by atoms with E-state index < -0.39 is 0 Å². The molecule has 0 aromatic heterocycles. The fourth-order valence-electron chi connectivity index (χ4n) is 2.98. The molecule has 2 rings (SSSR count). The fraction of sp³-hybridized carbons (Fsp3) is 0.588. The zero-order valence-corrected chi connectivity index (χ0v) is 13.0. The number of carbonyl (C=O) groups excluding carboxylic acids is 1. The van der Waals surface area contributed by atoms with Crippen molar-refractivity contribution in [1.82, 2.24) is 0 Å². The number of hydrogen-bond donors (Lipinski definition) is 2. The summed E-state index contributed by atoms with van der Waals surface area (Å²) in [5, 5.41) is 3.01. The summed E-state index contributed by atoms with van der Waals surface area (Å²) >= 11 is 0. The lowest BCUT2D eigenvalue weighted by molar-refractivity contribution is -0.122. The topological polar surface area (TPSA) is 64.3 Å². The van der Waals surface area contributed by atoms with Crippen LogP contribution in [0.25, 0.3) is 0 Å². The van der Waals surface area contributed by atoms with Crippen LogP contribution in [0.15, 0.2) is 24.3 Å². The Morgan fingerprint density at radius 1 is 1.38 bits per heavy atom. The number of nitrogens with one attached hydrogen (secondary N) is 1. The Labute approximate surface area is 127 Å². The van der Waals surface area contributed by atoms with Gasteiger partial charge in [0.25, 0.3) is 0 Å². The van der Waals surface area contributed by atoms with Gasteiger partial charge in [-0.2, -0.15) is 0 Å². The van der Waals surface area contributed by atoms with E-state index in [0.717, 1.165) is 30.7 Å². The van der Waals surface area contributed by atoms with Crippen LogP contribution in [0, 0.1) is 11.3 Å². The Morgan fingerprint density at radius 3 is 2.71 bits per heavy atom. The zero-order chi connectivity index (χ0) is 15.3. The van der Waals surface area contributed by atoms with Crippen LogP contribution >= 0.6 is 0 Å². The monoisotopic (exact) mass is 290 g/mol. The van der Waals surface area contributed by atoms with E-state index in [9.17, 15) is 4.79 Å². The predicted octanol–water partition coefficient (Wildman–Crippen LogP) is 3.18. The summed E-state index contributed by atoms with van der Waals surface area (Å²) in [5.74, 6) is 1.04. The van der Waals surface area contributed by atoms with E-state index in [1.807, 2.05) is 24.3 Å². The van der Waals surface area contributed by atoms with Gasteiger partial charge in [0.1, 0.15) is 12.4 Å². The lowest BCUT2D eigenvalue weighted by Gasteiger charge is -2.34. The number of benzene rings is 1. The van der Waals surface area contributed by atoms with Crippen LogP contribution < -0.4 is 15.8 Å². The Bertz CT molecular complexity index is 468. The summed E-state index contributed by atoms with van der Waals surface area (Å²) in [5.41, 5.74) is 6.50. The molecule has 0 radical (unpaired) electrons. The Morgan fingerprint density at radius 2 is 2.10 bits per heavy atom. The van der Waals surface area contributed by atoms with E-state index in [-0.39, 0.29) is 17.2 Å². The van der Waals surface area contributed by atoms with Crippen molar-refractivity contribution in [2.24, 2.45) is 17.1 Å². The largest absolute Gasteiger partial charge is 0.492 e. The fourth-order valence-corrected chi connectivity index (χ4v) is 2.98. The van der Waals surface area contributed by atoms with Crippen molar-refractivity contribution < 1.29 is 9.53 Å². The molecule has 0 aliphatic heterocycles. The second-order valence-electron chi connectivity index (χ2n) is 6.61. The Kier molecular flexibility index (Phi) is 5.23. The van der Waals surface area contributed by atoms with Gasteiger partial charge in [-0.3, -0.25) is 4.79 Å². The molecule has 1 aliphatic carbocycles. The second kappa shape index (κ2) is 6.94. The van der Waals surface area contributed by atoms with E-state index in [0.29, 0.717) is 13.2 Å². The third-order valence-corrected chi connectivity index (χ3v) is 4.08. The van der Waals surface area contributed by atoms with Gasteiger partial charge in [-0.15, -0.1) is 0 Å². The lowest BCUT2D eigenvalue weighted by Crippen LogP contribution is -2.31. The smallest absolute Gasteiger partial charge is 0.227 e. The molecular weight excluding hydrogens is 264 g/mol. The highest BCUT2D eigenvalue weighted by atomic mass is 16.5. The van der Waals surface area contributed by atoms with Crippen molar-refractivity contribution in [3.63, 3.8) is 0 Å². The molecular formula is C17H26N2O2. The van der Waals surface area contributed by atoms with Crippen molar-refractivity contribution in [2.45, 2.75) is 39.5 Å². The average molecular weight is 290 g/mol. The average Bonchev–Trinajstić information content (AvgIpc) is 2.45. The summed E-state index contributed by atoms with van der Waals surface area (Å²) in [7, 11) is 0. The molecule has 1 aromatic carbocycles. The van der Waals surface area contributed by atoms with Crippen LogP contribution in [0.4, 0.5) is 5.69 Å². The highest BCUT2D eigenvalue weighted by Gasteiger charge is 2.31. The number of anilines is 1. The third kappa shape index (κ3) is 4.74. The van der Waals surface area contributed by atoms with E-state index in [4.69, 9.17) is 10.5 Å². The van der Waals surface area contributed by atoms with E-state index in [1.165, 1.54) is 6.42 Å². The first kappa shape index (κ1) is 15.8. The molecule has 0 saturated heterocycles. The molecule has 3 N–H and O–H groups in total. The van der Waals surface area contributed by atoms with Crippen LogP contribution in [0.1, 0.15) is 39.5 Å². The van der Waals surface area contributed by atoms with Gasteiger partial charge in [0.15, 0.2) is 0 Å². The van der Waals surface area contributed by atoms with Crippen molar-refractivity contribution in [3.8, 4) is 5.75 Å². The molecule has 21 heavy (non-hydrogen) atoms. The first-order chi connectivity index (χ1) is 10.00. The zero-order valence-electron chi connectivity index (χ0n) is 13.0. The number of hydrogen-bond acceptors (Lipinski definition) is 3. The minimum atomic E-state index is 0.127.